The van der Waals surface area contributed by atoms with Crippen molar-refractivity contribution < 1.29 is 13.9 Å². The SMILES string of the molecule is CCCCCCCOC(=O)[C@@H](N)CC(C)(C)F. The zero-order valence-corrected chi connectivity index (χ0v) is 11.3. The molecular formula is C13H26FNO2. The van der Waals surface area contributed by atoms with Crippen LogP contribution in [0.15, 0.2) is 0 Å². The summed E-state index contributed by atoms with van der Waals surface area (Å²) in [6.07, 6.45) is 5.49. The summed E-state index contributed by atoms with van der Waals surface area (Å²) >= 11 is 0. The monoisotopic (exact) mass is 247 g/mol. The van der Waals surface area contributed by atoms with E-state index in [1.807, 2.05) is 0 Å². The summed E-state index contributed by atoms with van der Waals surface area (Å²) in [5.74, 6) is -0.494. The number of hydrogen-bond acceptors (Lipinski definition) is 3. The molecule has 0 bridgehead atoms. The maximum Gasteiger partial charge on any atom is 0.323 e. The largest absolute Gasteiger partial charge is 0.465 e. The molecule has 3 nitrogen and oxygen atoms in total. The van der Waals surface area contributed by atoms with E-state index in [-0.39, 0.29) is 6.42 Å². The van der Waals surface area contributed by atoms with Gasteiger partial charge in [-0.2, -0.15) is 0 Å². The highest BCUT2D eigenvalue weighted by Gasteiger charge is 2.25. The molecule has 0 radical (unpaired) electrons. The smallest absolute Gasteiger partial charge is 0.323 e. The molecule has 0 fully saturated rings. The maximum atomic E-state index is 13.2. The first-order chi connectivity index (χ1) is 7.87. The van der Waals surface area contributed by atoms with Crippen molar-refractivity contribution in [1.82, 2.24) is 0 Å². The lowest BCUT2D eigenvalue weighted by Gasteiger charge is -2.18. The number of hydrogen-bond donors (Lipinski definition) is 1. The third-order valence-corrected chi connectivity index (χ3v) is 2.50. The molecule has 0 unspecified atom stereocenters. The molecule has 102 valence electrons. The number of halogens is 1. The van der Waals surface area contributed by atoms with Crippen LogP contribution in [0.2, 0.25) is 0 Å². The molecule has 0 aliphatic carbocycles. The molecule has 0 aromatic rings. The van der Waals surface area contributed by atoms with Gasteiger partial charge in [0.25, 0.3) is 0 Å². The van der Waals surface area contributed by atoms with E-state index in [9.17, 15) is 9.18 Å². The second-order valence-electron chi connectivity index (χ2n) is 5.11. The number of unbranched alkanes of at least 4 members (excludes halogenated alkanes) is 4. The van der Waals surface area contributed by atoms with Crippen LogP contribution in [-0.4, -0.2) is 24.3 Å². The van der Waals surface area contributed by atoms with Gasteiger partial charge in [0.2, 0.25) is 0 Å². The van der Waals surface area contributed by atoms with Gasteiger partial charge in [0.1, 0.15) is 11.7 Å². The number of nitrogens with two attached hydrogens (primary N) is 1. The Labute approximate surface area is 104 Å². The molecule has 0 saturated carbocycles. The highest BCUT2D eigenvalue weighted by Crippen LogP contribution is 2.15. The predicted molar refractivity (Wildman–Crippen MR) is 67.5 cm³/mol. The fraction of sp³-hybridized carbons (Fsp3) is 0.923. The molecule has 0 aromatic heterocycles. The average molecular weight is 247 g/mol. The third-order valence-electron chi connectivity index (χ3n) is 2.50. The van der Waals surface area contributed by atoms with Crippen molar-refractivity contribution in [2.75, 3.05) is 6.61 Å². The first-order valence-electron chi connectivity index (χ1n) is 6.48. The second-order valence-corrected chi connectivity index (χ2v) is 5.11. The van der Waals surface area contributed by atoms with E-state index in [1.54, 1.807) is 0 Å². The molecule has 2 N–H and O–H groups in total. The van der Waals surface area contributed by atoms with Gasteiger partial charge < -0.3 is 10.5 Å². The number of esters is 1. The molecule has 0 aromatic carbocycles. The van der Waals surface area contributed by atoms with Crippen LogP contribution in [0.5, 0.6) is 0 Å². The third kappa shape index (κ3) is 10.2. The van der Waals surface area contributed by atoms with Gasteiger partial charge in [-0.3, -0.25) is 4.79 Å². The Morgan fingerprint density at radius 3 is 2.41 bits per heavy atom. The van der Waals surface area contributed by atoms with E-state index in [1.165, 1.54) is 26.7 Å². The highest BCUT2D eigenvalue weighted by atomic mass is 19.1. The molecule has 0 aliphatic rings. The Balaban J connectivity index is 3.58. The Morgan fingerprint density at radius 2 is 1.88 bits per heavy atom. The molecule has 0 heterocycles. The summed E-state index contributed by atoms with van der Waals surface area (Å²) in [4.78, 5) is 11.4. The van der Waals surface area contributed by atoms with E-state index < -0.39 is 17.7 Å². The zero-order chi connectivity index (χ0) is 13.3. The second kappa shape index (κ2) is 8.45. The van der Waals surface area contributed by atoms with Crippen molar-refractivity contribution in [3.8, 4) is 0 Å². The van der Waals surface area contributed by atoms with E-state index in [4.69, 9.17) is 10.5 Å². The molecule has 1 atom stereocenters. The van der Waals surface area contributed by atoms with Gasteiger partial charge in [-0.05, 0) is 20.3 Å². The van der Waals surface area contributed by atoms with Crippen LogP contribution in [0.3, 0.4) is 0 Å². The normalized spacial score (nSPS) is 13.5. The molecule has 0 rings (SSSR count). The highest BCUT2D eigenvalue weighted by molar-refractivity contribution is 5.75. The minimum Gasteiger partial charge on any atom is -0.465 e. The van der Waals surface area contributed by atoms with Gasteiger partial charge >= 0.3 is 5.97 Å². The van der Waals surface area contributed by atoms with Crippen molar-refractivity contribution in [1.29, 1.82) is 0 Å². The van der Waals surface area contributed by atoms with Crippen molar-refractivity contribution in [3.05, 3.63) is 0 Å². The molecule has 17 heavy (non-hydrogen) atoms. The number of carbonyl (C=O) groups excluding carboxylic acids is 1. The Bertz CT molecular complexity index is 214. The van der Waals surface area contributed by atoms with Gasteiger partial charge in [0, 0.05) is 6.42 Å². The standard InChI is InChI=1S/C13H26FNO2/c1-4-5-6-7-8-9-17-12(16)11(15)10-13(2,3)14/h11H,4-10,15H2,1-3H3/t11-/m0/s1. The van der Waals surface area contributed by atoms with Gasteiger partial charge in [0.05, 0.1) is 6.61 Å². The number of rotatable bonds is 9. The van der Waals surface area contributed by atoms with E-state index >= 15 is 0 Å². The summed E-state index contributed by atoms with van der Waals surface area (Å²) in [6.45, 7) is 5.36. The summed E-state index contributed by atoms with van der Waals surface area (Å²) in [7, 11) is 0. The molecular weight excluding hydrogens is 221 g/mol. The number of ether oxygens (including phenoxy) is 1. The van der Waals surface area contributed by atoms with E-state index in [2.05, 4.69) is 6.92 Å². The van der Waals surface area contributed by atoms with Crippen LogP contribution in [0.4, 0.5) is 4.39 Å². The van der Waals surface area contributed by atoms with E-state index in [0.29, 0.717) is 6.61 Å². The Hall–Kier alpha value is -0.640. The van der Waals surface area contributed by atoms with Crippen molar-refractivity contribution in [2.24, 2.45) is 5.73 Å². The van der Waals surface area contributed by atoms with Gasteiger partial charge in [0.15, 0.2) is 0 Å². The molecule has 0 amide bonds. The molecule has 4 heteroatoms. The number of alkyl halides is 1. The zero-order valence-electron chi connectivity index (χ0n) is 11.3. The van der Waals surface area contributed by atoms with Gasteiger partial charge in [-0.1, -0.05) is 32.6 Å². The van der Waals surface area contributed by atoms with Crippen LogP contribution in [0, 0.1) is 0 Å². The van der Waals surface area contributed by atoms with Crippen molar-refractivity contribution in [3.63, 3.8) is 0 Å². The molecule has 0 spiro atoms. The quantitative estimate of drug-likeness (QED) is 0.503. The predicted octanol–water partition coefficient (Wildman–Crippen LogP) is 2.97. The fourth-order valence-corrected chi connectivity index (χ4v) is 1.59. The van der Waals surface area contributed by atoms with Gasteiger partial charge in [-0.25, -0.2) is 4.39 Å². The summed E-state index contributed by atoms with van der Waals surface area (Å²) in [5, 5.41) is 0. The van der Waals surface area contributed by atoms with Crippen molar-refractivity contribution >= 4 is 5.97 Å². The average Bonchev–Trinajstić information content (AvgIpc) is 2.20. The van der Waals surface area contributed by atoms with Crippen molar-refractivity contribution in [2.45, 2.75) is 71.0 Å². The Morgan fingerprint density at radius 1 is 1.29 bits per heavy atom. The van der Waals surface area contributed by atoms with Crippen LogP contribution in [0.1, 0.15) is 59.3 Å². The lowest BCUT2D eigenvalue weighted by atomic mass is 10.0. The van der Waals surface area contributed by atoms with Crippen LogP contribution in [0.25, 0.3) is 0 Å². The van der Waals surface area contributed by atoms with Crippen LogP contribution in [-0.2, 0) is 9.53 Å². The first kappa shape index (κ1) is 16.4. The van der Waals surface area contributed by atoms with Crippen LogP contribution < -0.4 is 5.73 Å². The minimum absolute atomic E-state index is 0.00165. The summed E-state index contributed by atoms with van der Waals surface area (Å²) in [5.41, 5.74) is 4.12. The maximum absolute atomic E-state index is 13.2. The molecule has 0 aliphatic heterocycles. The lowest BCUT2D eigenvalue weighted by Crippen LogP contribution is -2.37. The van der Waals surface area contributed by atoms with E-state index in [0.717, 1.165) is 19.3 Å². The topological polar surface area (TPSA) is 52.3 Å². The molecule has 0 saturated heterocycles. The Kier molecular flexibility index (Phi) is 8.13. The number of carbonyl (C=O) groups is 1. The summed E-state index contributed by atoms with van der Waals surface area (Å²) in [6, 6.07) is -0.856. The minimum atomic E-state index is -1.43. The lowest BCUT2D eigenvalue weighted by molar-refractivity contribution is -0.146. The van der Waals surface area contributed by atoms with Gasteiger partial charge in [-0.15, -0.1) is 0 Å². The summed E-state index contributed by atoms with van der Waals surface area (Å²) < 4.78 is 18.2. The fourth-order valence-electron chi connectivity index (χ4n) is 1.59. The first-order valence-corrected chi connectivity index (χ1v) is 6.48. The van der Waals surface area contributed by atoms with Crippen LogP contribution >= 0.6 is 0 Å².